The molecule has 0 bridgehead atoms. The van der Waals surface area contributed by atoms with Crippen molar-refractivity contribution in [2.45, 2.75) is 84.2 Å². The normalized spacial score (nSPS) is 9.16. The molecule has 0 rings (SSSR count). The predicted octanol–water partition coefficient (Wildman–Crippen LogP) is 5.87. The Labute approximate surface area is 240 Å². The van der Waals surface area contributed by atoms with Gasteiger partial charge in [0, 0.05) is 37.9 Å². The Kier molecular flexibility index (Phi) is 29.8. The van der Waals surface area contributed by atoms with Gasteiger partial charge in [-0.15, -0.1) is 6.42 Å². The highest BCUT2D eigenvalue weighted by Gasteiger charge is 2.13. The van der Waals surface area contributed by atoms with Gasteiger partial charge in [-0.2, -0.15) is 0 Å². The minimum Gasteiger partial charge on any atom is -0.457 e. The van der Waals surface area contributed by atoms with E-state index in [9.17, 15) is 9.59 Å². The second kappa shape index (κ2) is 30.8. The van der Waals surface area contributed by atoms with Crippen LogP contribution in [-0.4, -0.2) is 47.4 Å². The van der Waals surface area contributed by atoms with Crippen LogP contribution in [0.1, 0.15) is 90.9 Å². The summed E-state index contributed by atoms with van der Waals surface area (Å²) in [5.41, 5.74) is 0. The van der Waals surface area contributed by atoms with Crippen molar-refractivity contribution in [1.29, 1.82) is 0 Å². The maximum atomic E-state index is 11.5. The van der Waals surface area contributed by atoms with Crippen molar-refractivity contribution >= 4 is 22.8 Å². The van der Waals surface area contributed by atoms with Crippen LogP contribution in [0, 0.1) is 70.9 Å². The van der Waals surface area contributed by atoms with Crippen molar-refractivity contribution in [2.75, 3.05) is 20.0 Å². The summed E-state index contributed by atoms with van der Waals surface area (Å²) in [4.78, 5) is 22.0. The number of terminal acetylenes is 1. The molecule has 0 aromatic heterocycles. The lowest BCUT2D eigenvalue weighted by atomic mass is 10.1. The molecule has 0 radical (unpaired) electrons. The molecule has 0 aromatic rings. The van der Waals surface area contributed by atoms with Crippen LogP contribution in [0.4, 0.5) is 0 Å². The van der Waals surface area contributed by atoms with Crippen LogP contribution in [0.2, 0.25) is 0 Å². The molecule has 1 atom stereocenters. The molecule has 0 aliphatic carbocycles. The fourth-order valence-corrected chi connectivity index (χ4v) is 2.76. The Morgan fingerprint density at radius 1 is 0.838 bits per heavy atom. The van der Waals surface area contributed by atoms with E-state index in [1.807, 2.05) is 0 Å². The molecule has 0 aliphatic rings. The van der Waals surface area contributed by atoms with E-state index in [-0.39, 0.29) is 37.1 Å². The maximum Gasteiger partial charge on any atom is 0.306 e. The third-order valence-corrected chi connectivity index (χ3v) is 4.69. The van der Waals surface area contributed by atoms with Crippen LogP contribution in [0.15, 0.2) is 0 Å². The molecule has 216 valence electrons. The van der Waals surface area contributed by atoms with Crippen molar-refractivity contribution in [3.05, 3.63) is 0 Å². The van der Waals surface area contributed by atoms with Gasteiger partial charge in [0.05, 0.1) is 13.2 Å². The summed E-state index contributed by atoms with van der Waals surface area (Å²) >= 11 is 0.893. The number of carbonyl (C=O) groups excluding carboxylic acids is 2. The number of hydrogen-bond acceptors (Lipinski definition) is 7. The summed E-state index contributed by atoms with van der Waals surface area (Å²) in [6.07, 6.45) is 15.4. The maximum absolute atomic E-state index is 11.5. The zero-order valence-corrected chi connectivity index (χ0v) is 22.6. The molecule has 0 heterocycles. The quantitative estimate of drug-likeness (QED) is 0.116. The van der Waals surface area contributed by atoms with Crippen LogP contribution in [-0.2, 0) is 19.1 Å². The van der Waals surface area contributed by atoms with Crippen LogP contribution < -0.4 is 0 Å². The first kappa shape index (κ1) is 35.9. The zero-order chi connectivity index (χ0) is 27.8. The molecule has 0 saturated carbocycles. The third kappa shape index (κ3) is 32.7. The van der Waals surface area contributed by atoms with Gasteiger partial charge < -0.3 is 19.7 Å². The minimum atomic E-state index is -0.678. The largest absolute Gasteiger partial charge is 0.457 e. The van der Waals surface area contributed by atoms with Gasteiger partial charge in [0.2, 0.25) is 0 Å². The summed E-state index contributed by atoms with van der Waals surface area (Å²) in [5.74, 6) is 23.6. The smallest absolute Gasteiger partial charge is 0.306 e. The first-order valence-electron chi connectivity index (χ1n) is 12.1. The molecule has 0 aromatic carbocycles. The number of rotatable bonds is 15. The summed E-state index contributed by atoms with van der Waals surface area (Å²) in [5, 5.41) is 19.9. The van der Waals surface area contributed by atoms with Gasteiger partial charge in [0.1, 0.15) is 12.9 Å². The van der Waals surface area contributed by atoms with E-state index in [0.717, 1.165) is 31.0 Å². The summed E-state index contributed by atoms with van der Waals surface area (Å²) in [6, 6.07) is 0. The second-order valence-electron chi connectivity index (χ2n) is 7.34. The lowest BCUT2D eigenvalue weighted by molar-refractivity contribution is -0.157. The number of esters is 1. The summed E-state index contributed by atoms with van der Waals surface area (Å²) in [7, 11) is 0. The van der Waals surface area contributed by atoms with Crippen LogP contribution in [0.5, 0.6) is 0 Å². The lowest BCUT2D eigenvalue weighted by Crippen LogP contribution is -2.27. The number of ether oxygens (including phenoxy) is 2. The van der Waals surface area contributed by atoms with E-state index < -0.39 is 12.9 Å². The van der Waals surface area contributed by atoms with E-state index in [1.54, 1.807) is 0 Å². The van der Waals surface area contributed by atoms with E-state index >= 15 is 0 Å². The van der Waals surface area contributed by atoms with Gasteiger partial charge in [-0.3, -0.25) is 9.59 Å². The number of hydrogen-bond donors (Lipinski definition) is 2. The lowest BCUT2D eigenvalue weighted by Gasteiger charge is -2.14. The molecule has 0 spiro atoms. The molecule has 0 saturated heterocycles. The molecule has 0 aliphatic heterocycles. The second-order valence-corrected chi connectivity index (χ2v) is 8.32. The van der Waals surface area contributed by atoms with Gasteiger partial charge in [-0.05, 0) is 70.9 Å². The Balaban J connectivity index is -0.0000000506. The highest BCUT2D eigenvalue weighted by atomic mass is 32.2. The van der Waals surface area contributed by atoms with E-state index in [1.165, 1.54) is 45.4 Å². The average Bonchev–Trinajstić information content (AvgIpc) is 2.89. The number of thioether (sulfide) groups is 1. The first-order chi connectivity index (χ1) is 18.0. The fraction of sp³-hybridized carbons (Fsp3) is 0.533. The van der Waals surface area contributed by atoms with Crippen LogP contribution in [0.3, 0.4) is 0 Å². The topological polar surface area (TPSA) is 93.1 Å². The van der Waals surface area contributed by atoms with E-state index in [4.69, 9.17) is 26.1 Å². The molecule has 0 unspecified atom stereocenters. The number of carbonyl (C=O) groups is 2. The predicted molar refractivity (Wildman–Crippen MR) is 167 cm³/mol. The fourth-order valence-electron chi connectivity index (χ4n) is 2.51. The van der Waals surface area contributed by atoms with E-state index in [2.05, 4.69) is 71.4 Å². The van der Waals surface area contributed by atoms with Crippen molar-refractivity contribution in [1.82, 2.24) is 0 Å². The number of aliphatic hydroxyl groups is 2. The highest BCUT2D eigenvalue weighted by Crippen LogP contribution is 2.11. The summed E-state index contributed by atoms with van der Waals surface area (Å²) < 4.78 is 9.75. The van der Waals surface area contributed by atoms with Gasteiger partial charge in [-0.1, -0.05) is 58.3 Å². The molecular formula is C30H54O6S. The molecule has 37 heavy (non-hydrogen) atoms. The molecule has 0 fully saturated rings. The van der Waals surface area contributed by atoms with Crippen LogP contribution >= 0.6 is 11.8 Å². The molecule has 7 heteroatoms. The Hall–Kier alpha value is -3.27. The molecule has 0 amide bonds. The van der Waals surface area contributed by atoms with Gasteiger partial charge in [0.25, 0.3) is 0 Å². The van der Waals surface area contributed by atoms with Gasteiger partial charge in [-0.25, -0.2) is 0 Å². The molecular weight excluding hydrogens is 488 g/mol. The molecule has 2 N–H and O–H groups in total. The monoisotopic (exact) mass is 542 g/mol. The van der Waals surface area contributed by atoms with Gasteiger partial charge in [0.15, 0.2) is 5.12 Å². The Morgan fingerprint density at radius 3 is 1.84 bits per heavy atom. The first-order valence-corrected chi connectivity index (χ1v) is 12.9. The highest BCUT2D eigenvalue weighted by molar-refractivity contribution is 8.17. The third-order valence-electron chi connectivity index (χ3n) is 4.20. The zero-order valence-electron chi connectivity index (χ0n) is 21.8. The van der Waals surface area contributed by atoms with Crippen molar-refractivity contribution < 1.29 is 42.1 Å². The Bertz CT molecular complexity index is 1020. The number of aliphatic hydroxyl groups excluding tert-OH is 2. The van der Waals surface area contributed by atoms with Crippen LogP contribution in [0.25, 0.3) is 0 Å². The SMILES string of the molecule is C#CC#CC#CC#CC#CC#CSC(C)=O.CCCCCCCCCCCC(=O)O[C@H](CO)COCO.[HH].[HH].[HH].[HH].[HH].[HH].[HH].[HH].[HH]. The number of unbranched alkanes of at least 4 members (excludes halogenated alkanes) is 8. The average molecular weight is 543 g/mol. The standard InChI is InChI=1S/C16H32O5.C14H4OS.9H2/c1-2-3-4-5-6-7-8-9-10-11-16(19)21-15(12-17)13-20-14-18;1-3-4-5-6-7-8-9-10-11-12-13-16-14(2)15;;;;;;;;;/h15,17-18H,2-14H2,1H3;1H,2H3;9*1H/t15-;;;;;;;;;;/m1........../s1. The van der Waals surface area contributed by atoms with E-state index in [0.29, 0.717) is 6.42 Å². The van der Waals surface area contributed by atoms with Gasteiger partial charge >= 0.3 is 5.97 Å². The van der Waals surface area contributed by atoms with Crippen molar-refractivity contribution in [3.8, 4) is 70.9 Å². The van der Waals surface area contributed by atoms with Crippen molar-refractivity contribution in [3.63, 3.8) is 0 Å². The summed E-state index contributed by atoms with van der Waals surface area (Å²) in [6.45, 7) is 2.95. The molecule has 6 nitrogen and oxygen atoms in total. The Morgan fingerprint density at radius 2 is 1.35 bits per heavy atom. The van der Waals surface area contributed by atoms with Crippen molar-refractivity contribution in [2.24, 2.45) is 0 Å². The minimum absolute atomic E-state index is 0.